The molecule has 0 atom stereocenters. The lowest BCUT2D eigenvalue weighted by molar-refractivity contribution is 0.102. The van der Waals surface area contributed by atoms with Gasteiger partial charge in [-0.25, -0.2) is 4.98 Å². The monoisotopic (exact) mass is 316 g/mol. The molecule has 0 aliphatic carbocycles. The fourth-order valence-corrected chi connectivity index (χ4v) is 2.81. The molecule has 0 spiro atoms. The smallest absolute Gasteiger partial charge is 0.260 e. The summed E-state index contributed by atoms with van der Waals surface area (Å²) in [4.78, 5) is 17.3. The Morgan fingerprint density at radius 1 is 0.958 bits per heavy atom. The summed E-state index contributed by atoms with van der Waals surface area (Å²) in [5, 5.41) is 2.92. The van der Waals surface area contributed by atoms with Gasteiger partial charge >= 0.3 is 0 Å². The Balaban J connectivity index is 1.71. The molecule has 1 N–H and O–H groups in total. The second kappa shape index (κ2) is 5.70. The van der Waals surface area contributed by atoms with Gasteiger partial charge < -0.3 is 9.13 Å². The van der Waals surface area contributed by atoms with Crippen molar-refractivity contribution in [1.29, 1.82) is 0 Å². The summed E-state index contributed by atoms with van der Waals surface area (Å²) >= 11 is 0. The molecular formula is C19H16N4O. The van der Waals surface area contributed by atoms with E-state index in [2.05, 4.69) is 10.3 Å². The van der Waals surface area contributed by atoms with Crippen LogP contribution in [0.2, 0.25) is 0 Å². The molecule has 4 rings (SSSR count). The third-order valence-electron chi connectivity index (χ3n) is 4.04. The summed E-state index contributed by atoms with van der Waals surface area (Å²) in [6.07, 6.45) is 3.84. The molecular weight excluding hydrogens is 300 g/mol. The molecule has 2 aromatic heterocycles. The fourth-order valence-electron chi connectivity index (χ4n) is 2.81. The van der Waals surface area contributed by atoms with Gasteiger partial charge in [-0.05, 0) is 36.4 Å². The first-order chi connectivity index (χ1) is 11.7. The molecule has 5 nitrogen and oxygen atoms in total. The molecule has 0 radical (unpaired) electrons. The Hall–Kier alpha value is -3.34. The molecule has 0 saturated heterocycles. The van der Waals surface area contributed by atoms with Crippen molar-refractivity contribution in [3.05, 3.63) is 78.6 Å². The number of aromatic nitrogens is 3. The number of aryl methyl sites for hydroxylation is 1. The molecule has 5 heteroatoms. The zero-order chi connectivity index (χ0) is 16.5. The lowest BCUT2D eigenvalue weighted by Crippen LogP contribution is -2.17. The van der Waals surface area contributed by atoms with Crippen LogP contribution in [0.4, 0.5) is 5.95 Å². The van der Waals surface area contributed by atoms with Gasteiger partial charge in [-0.1, -0.05) is 24.3 Å². The van der Waals surface area contributed by atoms with E-state index in [0.717, 1.165) is 16.7 Å². The van der Waals surface area contributed by atoms with Crippen molar-refractivity contribution in [2.24, 2.45) is 7.05 Å². The molecule has 0 aliphatic rings. The van der Waals surface area contributed by atoms with Crippen molar-refractivity contribution in [3.8, 4) is 5.69 Å². The molecule has 2 heterocycles. The van der Waals surface area contributed by atoms with Crippen molar-refractivity contribution in [2.45, 2.75) is 0 Å². The van der Waals surface area contributed by atoms with Gasteiger partial charge in [0.2, 0.25) is 5.95 Å². The predicted molar refractivity (Wildman–Crippen MR) is 94.4 cm³/mol. The molecule has 118 valence electrons. The van der Waals surface area contributed by atoms with Crippen molar-refractivity contribution < 1.29 is 4.79 Å². The van der Waals surface area contributed by atoms with E-state index in [9.17, 15) is 4.79 Å². The normalized spacial score (nSPS) is 10.9. The number of nitrogens with one attached hydrogen (secondary N) is 1. The summed E-state index contributed by atoms with van der Waals surface area (Å²) in [7, 11) is 1.89. The van der Waals surface area contributed by atoms with Crippen molar-refractivity contribution in [3.63, 3.8) is 0 Å². The highest BCUT2D eigenvalue weighted by Crippen LogP contribution is 2.20. The van der Waals surface area contributed by atoms with E-state index in [1.165, 1.54) is 0 Å². The molecule has 4 aromatic rings. The second-order valence-electron chi connectivity index (χ2n) is 5.54. The van der Waals surface area contributed by atoms with Crippen molar-refractivity contribution in [2.75, 3.05) is 5.32 Å². The first kappa shape index (κ1) is 14.3. The highest BCUT2D eigenvalue weighted by Gasteiger charge is 2.15. The highest BCUT2D eigenvalue weighted by atomic mass is 16.1. The minimum atomic E-state index is -0.183. The quantitative estimate of drug-likeness (QED) is 0.627. The number of para-hydroxylation sites is 3. The predicted octanol–water partition coefficient (Wildman–Crippen LogP) is 3.62. The number of rotatable bonds is 3. The maximum atomic E-state index is 12.8. The van der Waals surface area contributed by atoms with Gasteiger partial charge in [0.15, 0.2) is 0 Å². The number of carbonyl (C=O) groups excluding carboxylic acids is 1. The summed E-state index contributed by atoms with van der Waals surface area (Å²) in [6, 6.07) is 19.2. The molecule has 0 unspecified atom stereocenters. The number of imidazole rings is 1. The Bertz CT molecular complexity index is 1010. The SMILES string of the molecule is Cn1c(NC(=O)c2ccccc2-n2cccc2)nc2ccccc21. The largest absolute Gasteiger partial charge is 0.323 e. The minimum Gasteiger partial charge on any atom is -0.323 e. The molecule has 0 bridgehead atoms. The Kier molecular flexibility index (Phi) is 3.39. The standard InChI is InChI=1S/C19H16N4O/c1-22-17-11-5-3-9-15(17)20-19(22)21-18(24)14-8-2-4-10-16(14)23-12-6-7-13-23/h2-13H,1H3,(H,20,21,24). The third kappa shape index (κ3) is 2.36. The molecule has 1 amide bonds. The van der Waals surface area contributed by atoms with Crippen LogP contribution in [-0.4, -0.2) is 20.0 Å². The topological polar surface area (TPSA) is 51.9 Å². The minimum absolute atomic E-state index is 0.183. The van der Waals surface area contributed by atoms with Crippen LogP contribution in [0, 0.1) is 0 Å². The van der Waals surface area contributed by atoms with E-state index < -0.39 is 0 Å². The van der Waals surface area contributed by atoms with Gasteiger partial charge in [0.25, 0.3) is 5.91 Å². The van der Waals surface area contributed by atoms with Gasteiger partial charge in [0, 0.05) is 19.4 Å². The number of amides is 1. The maximum Gasteiger partial charge on any atom is 0.260 e. The van der Waals surface area contributed by atoms with E-state index in [0.29, 0.717) is 11.5 Å². The van der Waals surface area contributed by atoms with Crippen LogP contribution in [-0.2, 0) is 7.05 Å². The van der Waals surface area contributed by atoms with Crippen molar-refractivity contribution in [1.82, 2.24) is 14.1 Å². The average molecular weight is 316 g/mol. The zero-order valence-electron chi connectivity index (χ0n) is 13.2. The average Bonchev–Trinajstić information content (AvgIpc) is 3.24. The maximum absolute atomic E-state index is 12.8. The Morgan fingerprint density at radius 2 is 1.67 bits per heavy atom. The van der Waals surface area contributed by atoms with E-state index in [4.69, 9.17) is 0 Å². The van der Waals surface area contributed by atoms with Gasteiger partial charge in [-0.2, -0.15) is 0 Å². The van der Waals surface area contributed by atoms with Crippen LogP contribution >= 0.6 is 0 Å². The van der Waals surface area contributed by atoms with E-state index >= 15 is 0 Å². The van der Waals surface area contributed by atoms with E-state index in [1.807, 2.05) is 89.2 Å². The number of carbonyl (C=O) groups is 1. The van der Waals surface area contributed by atoms with Gasteiger partial charge in [-0.3, -0.25) is 10.1 Å². The number of nitrogens with zero attached hydrogens (tertiary/aromatic N) is 3. The second-order valence-corrected chi connectivity index (χ2v) is 5.54. The first-order valence-corrected chi connectivity index (χ1v) is 7.69. The lowest BCUT2D eigenvalue weighted by Gasteiger charge is -2.11. The van der Waals surface area contributed by atoms with Crippen LogP contribution in [0.1, 0.15) is 10.4 Å². The number of fused-ring (bicyclic) bond motifs is 1. The summed E-state index contributed by atoms with van der Waals surface area (Å²) in [5.74, 6) is 0.348. The van der Waals surface area contributed by atoms with Crippen LogP contribution in [0.3, 0.4) is 0 Å². The van der Waals surface area contributed by atoms with E-state index in [-0.39, 0.29) is 5.91 Å². The molecule has 24 heavy (non-hydrogen) atoms. The summed E-state index contributed by atoms with van der Waals surface area (Å²) in [6.45, 7) is 0. The summed E-state index contributed by atoms with van der Waals surface area (Å²) in [5.41, 5.74) is 3.26. The van der Waals surface area contributed by atoms with Crippen LogP contribution < -0.4 is 5.32 Å². The Morgan fingerprint density at radius 3 is 2.46 bits per heavy atom. The first-order valence-electron chi connectivity index (χ1n) is 7.69. The van der Waals surface area contributed by atoms with E-state index in [1.54, 1.807) is 0 Å². The van der Waals surface area contributed by atoms with Crippen molar-refractivity contribution >= 4 is 22.9 Å². The van der Waals surface area contributed by atoms with Crippen LogP contribution in [0.5, 0.6) is 0 Å². The molecule has 0 saturated carbocycles. The molecule has 0 aliphatic heterocycles. The fraction of sp³-hybridized carbons (Fsp3) is 0.0526. The number of anilines is 1. The number of benzene rings is 2. The summed E-state index contributed by atoms with van der Waals surface area (Å²) < 4.78 is 3.80. The number of hydrogen-bond acceptors (Lipinski definition) is 2. The Labute approximate surface area is 139 Å². The zero-order valence-corrected chi connectivity index (χ0v) is 13.2. The third-order valence-corrected chi connectivity index (χ3v) is 4.04. The lowest BCUT2D eigenvalue weighted by atomic mass is 10.1. The highest BCUT2D eigenvalue weighted by molar-refractivity contribution is 6.06. The van der Waals surface area contributed by atoms with Gasteiger partial charge in [-0.15, -0.1) is 0 Å². The molecule has 2 aromatic carbocycles. The van der Waals surface area contributed by atoms with Gasteiger partial charge in [0.05, 0.1) is 22.3 Å². The molecule has 0 fully saturated rings. The number of hydrogen-bond donors (Lipinski definition) is 1. The van der Waals surface area contributed by atoms with Crippen LogP contribution in [0.25, 0.3) is 16.7 Å². The van der Waals surface area contributed by atoms with Gasteiger partial charge in [0.1, 0.15) is 0 Å². The van der Waals surface area contributed by atoms with Crippen LogP contribution in [0.15, 0.2) is 73.1 Å².